The van der Waals surface area contributed by atoms with Gasteiger partial charge in [0.05, 0.1) is 18.2 Å². The van der Waals surface area contributed by atoms with Crippen molar-refractivity contribution >= 4 is 40.5 Å². The van der Waals surface area contributed by atoms with Gasteiger partial charge in [-0.1, -0.05) is 46.4 Å². The van der Waals surface area contributed by atoms with Gasteiger partial charge in [-0.15, -0.1) is 0 Å². The van der Waals surface area contributed by atoms with Crippen LogP contribution in [0.1, 0.15) is 70.6 Å². The van der Waals surface area contributed by atoms with Crippen molar-refractivity contribution in [2.24, 2.45) is 17.3 Å². The number of phenolic OH excluding ortho intramolecular Hbond substituents is 1. The van der Waals surface area contributed by atoms with Crippen LogP contribution < -0.4 is 10.7 Å². The first-order valence-electron chi connectivity index (χ1n) is 23.7. The van der Waals surface area contributed by atoms with E-state index in [0.29, 0.717) is 44.3 Å². The molecule has 358 valence electrons. The molecule has 0 unspecified atom stereocenters. The first kappa shape index (κ1) is 48.9. The highest BCUT2D eigenvalue weighted by molar-refractivity contribution is 5.96. The van der Waals surface area contributed by atoms with Gasteiger partial charge in [-0.25, -0.2) is 5.43 Å². The number of hydrazine groups is 1. The van der Waals surface area contributed by atoms with E-state index in [1.54, 1.807) is 24.1 Å². The van der Waals surface area contributed by atoms with Crippen molar-refractivity contribution in [3.05, 3.63) is 84.2 Å². The average molecular weight is 917 g/mol. The summed E-state index contributed by atoms with van der Waals surface area (Å²) in [4.78, 5) is 79.3. The lowest BCUT2D eigenvalue weighted by molar-refractivity contribution is -0.155. The van der Waals surface area contributed by atoms with E-state index in [1.165, 1.54) is 16.0 Å². The summed E-state index contributed by atoms with van der Waals surface area (Å²) in [5.41, 5.74) is 10.1. The smallest absolute Gasteiger partial charge is 0.324 e. The number of amides is 4. The van der Waals surface area contributed by atoms with Gasteiger partial charge in [0.25, 0.3) is 5.91 Å². The third-order valence-corrected chi connectivity index (χ3v) is 13.5. The third-order valence-electron chi connectivity index (χ3n) is 13.5. The number of cyclic esters (lactones) is 1. The summed E-state index contributed by atoms with van der Waals surface area (Å²) in [5, 5.41) is 16.8. The second-order valence-corrected chi connectivity index (χ2v) is 20.0. The number of phenols is 1. The number of pyridine rings is 1. The summed E-state index contributed by atoms with van der Waals surface area (Å²) in [6.45, 7) is 16.2. The zero-order valence-corrected chi connectivity index (χ0v) is 40.4. The maximum absolute atomic E-state index is 14.7. The van der Waals surface area contributed by atoms with Crippen molar-refractivity contribution in [3.63, 3.8) is 0 Å². The van der Waals surface area contributed by atoms with E-state index in [0.717, 1.165) is 57.4 Å². The van der Waals surface area contributed by atoms with E-state index in [4.69, 9.17) is 9.72 Å². The standard InChI is InChI=1S/C52H68N8O7/c1-10-45(62)58-20-17-36(30-58)49(64)57(9)46(32(3)4)48(63)54-43-24-34-22-37(25-39(61)23-34)35-14-15-44-40(26-35)41(47(59(44)11-2)38-21-33(28-53-29-38)16-19-56(7)8)27-52(5,6)31-67-51(66)42-13-12-18-60(55-42)50(43)65/h10,14-15,21-23,25-26,28-29,32,36,42-43,46,55,61H,1,11-13,16-20,24,27,30-31H2,2-9H3,(H,54,63)/t36-,42-,43-,46-/m0/s1. The number of aromatic nitrogens is 2. The maximum atomic E-state index is 14.7. The van der Waals surface area contributed by atoms with Gasteiger partial charge in [0, 0.05) is 80.5 Å². The molecule has 4 aromatic rings. The van der Waals surface area contributed by atoms with Crippen LogP contribution in [0, 0.1) is 17.3 Å². The number of hydrogen-bond donors (Lipinski definition) is 3. The molecule has 0 aliphatic carbocycles. The van der Waals surface area contributed by atoms with Gasteiger partial charge >= 0.3 is 5.97 Å². The molecular formula is C52H68N8O7. The number of nitrogens with one attached hydrogen (secondary N) is 2. The molecule has 5 heterocycles. The van der Waals surface area contributed by atoms with E-state index in [2.05, 4.69) is 79.9 Å². The Bertz CT molecular complexity index is 2530. The Kier molecular flexibility index (Phi) is 14.9. The lowest BCUT2D eigenvalue weighted by Gasteiger charge is -2.37. The van der Waals surface area contributed by atoms with Crippen molar-refractivity contribution in [1.29, 1.82) is 0 Å². The molecule has 2 aromatic heterocycles. The van der Waals surface area contributed by atoms with Crippen LogP contribution in [0.2, 0.25) is 0 Å². The highest BCUT2D eigenvalue weighted by Crippen LogP contribution is 2.41. The van der Waals surface area contributed by atoms with Crippen LogP contribution in [0.4, 0.5) is 0 Å². The van der Waals surface area contributed by atoms with Crippen LogP contribution in [0.15, 0.2) is 67.5 Å². The Morgan fingerprint density at radius 3 is 2.52 bits per heavy atom. The van der Waals surface area contributed by atoms with Crippen LogP contribution in [-0.2, 0) is 54.5 Å². The fourth-order valence-corrected chi connectivity index (χ4v) is 10.0. The molecule has 0 saturated carbocycles. The zero-order chi connectivity index (χ0) is 48.3. The fraction of sp³-hybridized carbons (Fsp3) is 0.500. The summed E-state index contributed by atoms with van der Waals surface area (Å²) in [6, 6.07) is 10.8. The molecular weight excluding hydrogens is 849 g/mol. The van der Waals surface area contributed by atoms with E-state index < -0.39 is 47.2 Å². The normalized spacial score (nSPS) is 20.4. The predicted octanol–water partition coefficient (Wildman–Crippen LogP) is 5.37. The Balaban J connectivity index is 1.29. The quantitative estimate of drug-likeness (QED) is 0.132. The van der Waals surface area contributed by atoms with Crippen LogP contribution in [0.3, 0.4) is 0 Å². The number of carbonyl (C=O) groups is 5. The minimum absolute atomic E-state index is 0.00171. The lowest BCUT2D eigenvalue weighted by atomic mass is 9.84. The van der Waals surface area contributed by atoms with E-state index in [9.17, 15) is 29.1 Å². The van der Waals surface area contributed by atoms with Gasteiger partial charge in [0.1, 0.15) is 23.9 Å². The Morgan fingerprint density at radius 1 is 1.03 bits per heavy atom. The predicted molar refractivity (Wildman–Crippen MR) is 258 cm³/mol. The largest absolute Gasteiger partial charge is 0.508 e. The molecule has 3 aliphatic heterocycles. The summed E-state index contributed by atoms with van der Waals surface area (Å²) >= 11 is 0. The molecule has 15 heteroatoms. The second kappa shape index (κ2) is 20.4. The number of hydrogen-bond acceptors (Lipinski definition) is 10. The number of benzene rings is 2. The number of fused-ring (bicyclic) bond motifs is 6. The highest BCUT2D eigenvalue weighted by atomic mass is 16.5. The first-order chi connectivity index (χ1) is 31.9. The van der Waals surface area contributed by atoms with Crippen molar-refractivity contribution in [2.45, 2.75) is 97.8 Å². The molecule has 67 heavy (non-hydrogen) atoms. The van der Waals surface area contributed by atoms with Gasteiger partial charge < -0.3 is 34.4 Å². The number of ether oxygens (including phenoxy) is 1. The number of aryl methyl sites for hydroxylation is 1. The molecule has 3 aliphatic rings. The monoisotopic (exact) mass is 917 g/mol. The topological polar surface area (TPSA) is 170 Å². The molecule has 3 N–H and O–H groups in total. The number of aromatic hydroxyl groups is 1. The van der Waals surface area contributed by atoms with E-state index in [1.807, 2.05) is 38.4 Å². The first-order valence-corrected chi connectivity index (χ1v) is 23.7. The highest BCUT2D eigenvalue weighted by Gasteiger charge is 2.40. The molecule has 0 spiro atoms. The third kappa shape index (κ3) is 10.9. The van der Waals surface area contributed by atoms with Crippen LogP contribution in [0.5, 0.6) is 5.75 Å². The SMILES string of the molecule is C=CC(=O)N1CC[C@H](C(=O)N(C)[C@H](C(=O)N[C@H]2Cc3cc(O)cc(c3)-c3ccc4c(c3)c(c(-c3cncc(CCN(C)C)c3)n4CC)CC(C)(C)COC(=O)[C@@H]3CCCN(N3)C2=O)C(C)C)C1. The van der Waals surface area contributed by atoms with Crippen LogP contribution in [0.25, 0.3) is 33.3 Å². The molecule has 6 bridgehead atoms. The molecule has 2 fully saturated rings. The Labute approximate surface area is 394 Å². The minimum Gasteiger partial charge on any atom is -0.508 e. The number of esters is 1. The van der Waals surface area contributed by atoms with Crippen molar-refractivity contribution < 1.29 is 33.8 Å². The summed E-state index contributed by atoms with van der Waals surface area (Å²) in [7, 11) is 5.70. The number of nitrogens with zero attached hydrogens (tertiary/aromatic N) is 6. The Morgan fingerprint density at radius 2 is 1.81 bits per heavy atom. The molecule has 2 aromatic carbocycles. The van der Waals surface area contributed by atoms with Gasteiger partial charge in [0.2, 0.25) is 17.7 Å². The minimum atomic E-state index is -1.16. The van der Waals surface area contributed by atoms with Crippen molar-refractivity contribution in [1.82, 2.24) is 40.0 Å². The Hall–Kier alpha value is -6.06. The average Bonchev–Trinajstić information content (AvgIpc) is 3.91. The number of rotatable bonds is 11. The fourth-order valence-electron chi connectivity index (χ4n) is 10.0. The van der Waals surface area contributed by atoms with Gasteiger partial charge in [0.15, 0.2) is 0 Å². The molecule has 4 atom stereocenters. The van der Waals surface area contributed by atoms with Crippen molar-refractivity contribution in [2.75, 3.05) is 53.9 Å². The van der Waals surface area contributed by atoms with Crippen LogP contribution >= 0.6 is 0 Å². The van der Waals surface area contributed by atoms with E-state index in [-0.39, 0.29) is 49.6 Å². The van der Waals surface area contributed by atoms with Gasteiger partial charge in [-0.05, 0) is 123 Å². The zero-order valence-electron chi connectivity index (χ0n) is 40.4. The second-order valence-electron chi connectivity index (χ2n) is 20.0. The number of carbonyl (C=O) groups excluding carboxylic acids is 5. The molecule has 4 amide bonds. The number of likely N-dealkylation sites (N-methyl/N-ethyl adjacent to an activating group) is 2. The molecule has 7 rings (SSSR count). The van der Waals surface area contributed by atoms with Gasteiger partial charge in [-0.2, -0.15) is 0 Å². The van der Waals surface area contributed by atoms with Crippen molar-refractivity contribution in [3.8, 4) is 28.1 Å². The molecule has 0 radical (unpaired) electrons. The number of likely N-dealkylation sites (tertiary alicyclic amines) is 1. The van der Waals surface area contributed by atoms with E-state index >= 15 is 0 Å². The summed E-state index contributed by atoms with van der Waals surface area (Å²) in [6.07, 6.45) is 7.92. The lowest BCUT2D eigenvalue weighted by Crippen LogP contribution is -2.62. The molecule has 15 nitrogen and oxygen atoms in total. The van der Waals surface area contributed by atoms with Gasteiger partial charge in [-0.3, -0.25) is 34.0 Å². The molecule has 2 saturated heterocycles. The summed E-state index contributed by atoms with van der Waals surface area (Å²) in [5.74, 6) is -2.81. The maximum Gasteiger partial charge on any atom is 0.324 e. The van der Waals surface area contributed by atoms with Crippen LogP contribution in [-0.4, -0.2) is 136 Å². The summed E-state index contributed by atoms with van der Waals surface area (Å²) < 4.78 is 8.44.